The molecule has 2 amide bonds. The zero-order chi connectivity index (χ0) is 10.6. The zero-order valence-corrected chi connectivity index (χ0v) is 7.30. The number of hydrogen-bond donors (Lipinski definition) is 3. The first-order chi connectivity index (χ1) is 6.61. The van der Waals surface area contributed by atoms with E-state index in [4.69, 9.17) is 10.8 Å². The van der Waals surface area contributed by atoms with Crippen LogP contribution < -0.4 is 10.6 Å². The molecule has 76 valence electrons. The Hall–Kier alpha value is -2.05. The molecule has 0 aromatic carbocycles. The van der Waals surface area contributed by atoms with E-state index in [1.807, 2.05) is 0 Å². The third-order valence-corrected chi connectivity index (χ3v) is 1.55. The monoisotopic (exact) mass is 198 g/mol. The van der Waals surface area contributed by atoms with Crippen molar-refractivity contribution in [2.24, 2.45) is 5.73 Å². The van der Waals surface area contributed by atoms with Gasteiger partial charge >= 0.3 is 12.0 Å². The van der Waals surface area contributed by atoms with Gasteiger partial charge in [0, 0.05) is 18.9 Å². The topological polar surface area (TPSA) is 112 Å². The second-order valence-electron chi connectivity index (χ2n) is 2.55. The average molecular weight is 198 g/mol. The number of rotatable bonds is 4. The van der Waals surface area contributed by atoms with Crippen LogP contribution in [0.5, 0.6) is 0 Å². The number of aromatic amines is 1. The Kier molecular flexibility index (Phi) is 3.05. The zero-order valence-electron chi connectivity index (χ0n) is 7.30. The molecule has 0 unspecified atom stereocenters. The minimum atomic E-state index is -0.997. The number of aliphatic carboxylic acids is 1. The predicted octanol–water partition coefficient (Wildman–Crippen LogP) is -0.231. The molecule has 0 spiro atoms. The highest BCUT2D eigenvalue weighted by molar-refractivity contribution is 5.89. The fraction of sp³-hybridized carbons (Fsp3) is 0.286. The fourth-order valence-electron chi connectivity index (χ4n) is 0.932. The van der Waals surface area contributed by atoms with Crippen molar-refractivity contribution in [1.29, 1.82) is 0 Å². The Morgan fingerprint density at radius 2 is 2.36 bits per heavy atom. The molecule has 0 radical (unpaired) electrons. The molecule has 0 bridgehead atoms. The third kappa shape index (κ3) is 2.47. The first-order valence-electron chi connectivity index (χ1n) is 3.89. The standard InChI is InChI=1S/C7H10N4O3/c8-6(14)11(4-1-5(12)13)7-9-2-3-10-7/h2-3H,1,4H2,(H2,8,14)(H,9,10)(H,12,13). The number of imidazole rings is 1. The molecule has 0 fully saturated rings. The van der Waals surface area contributed by atoms with E-state index in [0.717, 1.165) is 4.90 Å². The van der Waals surface area contributed by atoms with E-state index in [0.29, 0.717) is 0 Å². The summed E-state index contributed by atoms with van der Waals surface area (Å²) in [4.78, 5) is 28.7. The van der Waals surface area contributed by atoms with E-state index in [1.165, 1.54) is 12.4 Å². The summed E-state index contributed by atoms with van der Waals surface area (Å²) in [7, 11) is 0. The molecule has 4 N–H and O–H groups in total. The Balaban J connectivity index is 2.66. The number of nitrogens with zero attached hydrogens (tertiary/aromatic N) is 2. The van der Waals surface area contributed by atoms with Gasteiger partial charge in [0.05, 0.1) is 6.42 Å². The number of aromatic nitrogens is 2. The van der Waals surface area contributed by atoms with Gasteiger partial charge in [0.1, 0.15) is 0 Å². The van der Waals surface area contributed by atoms with E-state index >= 15 is 0 Å². The molecule has 14 heavy (non-hydrogen) atoms. The SMILES string of the molecule is NC(=O)N(CCC(=O)O)c1ncc[nH]1. The minimum absolute atomic E-state index is 0.00181. The number of primary amides is 1. The van der Waals surface area contributed by atoms with E-state index < -0.39 is 12.0 Å². The molecular weight excluding hydrogens is 188 g/mol. The van der Waals surface area contributed by atoms with Crippen molar-refractivity contribution in [3.8, 4) is 0 Å². The number of amides is 2. The molecule has 0 aliphatic rings. The Morgan fingerprint density at radius 3 is 2.79 bits per heavy atom. The van der Waals surface area contributed by atoms with E-state index in [2.05, 4.69) is 9.97 Å². The second-order valence-corrected chi connectivity index (χ2v) is 2.55. The quantitative estimate of drug-likeness (QED) is 0.620. The van der Waals surface area contributed by atoms with E-state index in [9.17, 15) is 9.59 Å². The number of carbonyl (C=O) groups excluding carboxylic acids is 1. The first-order valence-corrected chi connectivity index (χ1v) is 3.89. The highest BCUT2D eigenvalue weighted by atomic mass is 16.4. The molecule has 0 saturated carbocycles. The number of carboxylic acid groups (broad SMARTS) is 1. The molecule has 1 heterocycles. The second kappa shape index (κ2) is 4.26. The number of carbonyl (C=O) groups is 2. The van der Waals surface area contributed by atoms with Gasteiger partial charge in [-0.3, -0.25) is 9.69 Å². The molecule has 1 rings (SSSR count). The van der Waals surface area contributed by atoms with Crippen LogP contribution in [0.3, 0.4) is 0 Å². The maximum absolute atomic E-state index is 10.9. The lowest BCUT2D eigenvalue weighted by Gasteiger charge is -2.15. The third-order valence-electron chi connectivity index (χ3n) is 1.55. The van der Waals surface area contributed by atoms with Crippen molar-refractivity contribution in [3.63, 3.8) is 0 Å². The summed E-state index contributed by atoms with van der Waals surface area (Å²) >= 11 is 0. The summed E-state index contributed by atoms with van der Waals surface area (Å²) < 4.78 is 0. The molecular formula is C7H10N4O3. The van der Waals surface area contributed by atoms with Crippen molar-refractivity contribution < 1.29 is 14.7 Å². The highest BCUT2D eigenvalue weighted by Gasteiger charge is 2.15. The van der Waals surface area contributed by atoms with Crippen LogP contribution in [0.15, 0.2) is 12.4 Å². The van der Waals surface area contributed by atoms with Gasteiger partial charge in [-0.25, -0.2) is 9.78 Å². The normalized spacial score (nSPS) is 9.71. The predicted molar refractivity (Wildman–Crippen MR) is 47.8 cm³/mol. The highest BCUT2D eigenvalue weighted by Crippen LogP contribution is 2.05. The van der Waals surface area contributed by atoms with Gasteiger partial charge in [-0.2, -0.15) is 0 Å². The number of nitrogens with one attached hydrogen (secondary N) is 1. The maximum Gasteiger partial charge on any atom is 0.321 e. The molecule has 1 aromatic heterocycles. The van der Waals surface area contributed by atoms with Crippen LogP contribution in [0.4, 0.5) is 10.7 Å². The summed E-state index contributed by atoms with van der Waals surface area (Å²) in [5.41, 5.74) is 5.05. The van der Waals surface area contributed by atoms with Gasteiger partial charge in [-0.05, 0) is 0 Å². The number of hydrogen-bond acceptors (Lipinski definition) is 3. The van der Waals surface area contributed by atoms with Gasteiger partial charge in [0.15, 0.2) is 0 Å². The van der Waals surface area contributed by atoms with Crippen LogP contribution >= 0.6 is 0 Å². The van der Waals surface area contributed by atoms with Crippen molar-refractivity contribution in [2.75, 3.05) is 11.4 Å². The van der Waals surface area contributed by atoms with Crippen molar-refractivity contribution in [3.05, 3.63) is 12.4 Å². The van der Waals surface area contributed by atoms with Gasteiger partial charge in [-0.15, -0.1) is 0 Å². The molecule has 0 aliphatic heterocycles. The maximum atomic E-state index is 10.9. The van der Waals surface area contributed by atoms with Gasteiger partial charge < -0.3 is 15.8 Å². The molecule has 1 aromatic rings. The lowest BCUT2D eigenvalue weighted by molar-refractivity contribution is -0.136. The van der Waals surface area contributed by atoms with Gasteiger partial charge in [0.25, 0.3) is 0 Å². The van der Waals surface area contributed by atoms with Crippen molar-refractivity contribution in [1.82, 2.24) is 9.97 Å². The number of nitrogens with two attached hydrogens (primary N) is 1. The Labute approximate surface area is 79.5 Å². The minimum Gasteiger partial charge on any atom is -0.481 e. The summed E-state index contributed by atoms with van der Waals surface area (Å²) in [6, 6.07) is -0.735. The average Bonchev–Trinajstić information content (AvgIpc) is 2.56. The lowest BCUT2D eigenvalue weighted by Crippen LogP contribution is -2.38. The van der Waals surface area contributed by atoms with Crippen molar-refractivity contribution in [2.45, 2.75) is 6.42 Å². The van der Waals surface area contributed by atoms with Gasteiger partial charge in [0.2, 0.25) is 5.95 Å². The fourth-order valence-corrected chi connectivity index (χ4v) is 0.932. The van der Waals surface area contributed by atoms with Crippen LogP contribution in [0.2, 0.25) is 0 Å². The number of urea groups is 1. The van der Waals surface area contributed by atoms with Crippen LogP contribution in [0, 0.1) is 0 Å². The van der Waals surface area contributed by atoms with Crippen LogP contribution in [-0.4, -0.2) is 33.6 Å². The van der Waals surface area contributed by atoms with Crippen LogP contribution in [0.1, 0.15) is 6.42 Å². The Morgan fingerprint density at radius 1 is 1.64 bits per heavy atom. The molecule has 7 heteroatoms. The Bertz CT molecular complexity index is 322. The van der Waals surface area contributed by atoms with E-state index in [1.54, 1.807) is 0 Å². The van der Waals surface area contributed by atoms with Crippen LogP contribution in [0.25, 0.3) is 0 Å². The number of carboxylic acids is 1. The number of H-pyrrole nitrogens is 1. The first kappa shape index (κ1) is 10.0. The molecule has 0 aliphatic carbocycles. The lowest BCUT2D eigenvalue weighted by atomic mass is 10.4. The smallest absolute Gasteiger partial charge is 0.321 e. The molecule has 0 saturated heterocycles. The van der Waals surface area contributed by atoms with Crippen LogP contribution in [-0.2, 0) is 4.79 Å². The van der Waals surface area contributed by atoms with Gasteiger partial charge in [-0.1, -0.05) is 0 Å². The van der Waals surface area contributed by atoms with Crippen molar-refractivity contribution >= 4 is 17.9 Å². The summed E-state index contributed by atoms with van der Waals surface area (Å²) in [5, 5.41) is 8.43. The summed E-state index contributed by atoms with van der Waals surface area (Å²) in [6.07, 6.45) is 2.79. The number of anilines is 1. The van der Waals surface area contributed by atoms with E-state index in [-0.39, 0.29) is 18.9 Å². The molecule has 0 atom stereocenters. The summed E-state index contributed by atoms with van der Waals surface area (Å²) in [5.74, 6) is -0.749. The largest absolute Gasteiger partial charge is 0.481 e. The summed E-state index contributed by atoms with van der Waals surface area (Å²) in [6.45, 7) is -0.00181. The molecule has 7 nitrogen and oxygen atoms in total.